The van der Waals surface area contributed by atoms with Crippen molar-refractivity contribution in [1.82, 2.24) is 10.6 Å². The quantitative estimate of drug-likeness (QED) is 0.718. The minimum atomic E-state index is -4.79. The Morgan fingerprint density at radius 1 is 1.17 bits per heavy atom. The fourth-order valence-corrected chi connectivity index (χ4v) is 1.86. The molecule has 0 aliphatic carbocycles. The Hall–Kier alpha value is -1.96. The molecule has 1 aromatic rings. The standard InChI is InChI=1S/C15H21F3N2O3/c1-3-14(22,4-2)10-20-13(21)19-9-11-7-5-6-8-12(11)23-15(16,17)18/h5-8,22H,3-4,9-10H2,1-2H3,(H2,19,20,21). The van der Waals surface area contributed by atoms with E-state index in [0.717, 1.165) is 0 Å². The van der Waals surface area contributed by atoms with Crippen LogP contribution < -0.4 is 15.4 Å². The van der Waals surface area contributed by atoms with Crippen molar-refractivity contribution in [2.24, 2.45) is 0 Å². The lowest BCUT2D eigenvalue weighted by Gasteiger charge is -2.25. The van der Waals surface area contributed by atoms with Crippen molar-refractivity contribution >= 4 is 6.03 Å². The predicted octanol–water partition coefficient (Wildman–Crippen LogP) is 2.94. The van der Waals surface area contributed by atoms with Gasteiger partial charge in [-0.2, -0.15) is 0 Å². The highest BCUT2D eigenvalue weighted by Crippen LogP contribution is 2.26. The molecular formula is C15H21F3N2O3. The fourth-order valence-electron chi connectivity index (χ4n) is 1.86. The molecule has 5 nitrogen and oxygen atoms in total. The molecule has 0 unspecified atom stereocenters. The summed E-state index contributed by atoms with van der Waals surface area (Å²) in [5, 5.41) is 15.0. The van der Waals surface area contributed by atoms with Crippen LogP contribution in [0, 0.1) is 0 Å². The fraction of sp³-hybridized carbons (Fsp3) is 0.533. The molecule has 0 aliphatic rings. The number of benzene rings is 1. The summed E-state index contributed by atoms with van der Waals surface area (Å²) >= 11 is 0. The number of urea groups is 1. The SMILES string of the molecule is CCC(O)(CC)CNC(=O)NCc1ccccc1OC(F)(F)F. The van der Waals surface area contributed by atoms with Gasteiger partial charge in [0.2, 0.25) is 0 Å². The molecule has 0 saturated heterocycles. The number of carbonyl (C=O) groups excluding carboxylic acids is 1. The highest BCUT2D eigenvalue weighted by atomic mass is 19.4. The summed E-state index contributed by atoms with van der Waals surface area (Å²) in [5.41, 5.74) is -0.796. The van der Waals surface area contributed by atoms with E-state index < -0.39 is 18.0 Å². The molecule has 0 heterocycles. The maximum atomic E-state index is 12.3. The van der Waals surface area contributed by atoms with Gasteiger partial charge in [-0.05, 0) is 18.9 Å². The Morgan fingerprint density at radius 3 is 2.35 bits per heavy atom. The van der Waals surface area contributed by atoms with E-state index in [0.29, 0.717) is 12.8 Å². The van der Waals surface area contributed by atoms with E-state index in [1.54, 1.807) is 19.9 Å². The molecule has 0 aromatic heterocycles. The second kappa shape index (κ2) is 8.05. The molecule has 0 saturated carbocycles. The van der Waals surface area contributed by atoms with Crippen molar-refractivity contribution in [3.63, 3.8) is 0 Å². The summed E-state index contributed by atoms with van der Waals surface area (Å²) in [6.45, 7) is 3.53. The van der Waals surface area contributed by atoms with Gasteiger partial charge in [-0.15, -0.1) is 13.2 Å². The summed E-state index contributed by atoms with van der Waals surface area (Å²) in [4.78, 5) is 11.7. The summed E-state index contributed by atoms with van der Waals surface area (Å²) in [7, 11) is 0. The van der Waals surface area contributed by atoms with Gasteiger partial charge in [-0.25, -0.2) is 4.79 Å². The lowest BCUT2D eigenvalue weighted by molar-refractivity contribution is -0.274. The van der Waals surface area contributed by atoms with Crippen molar-refractivity contribution in [3.8, 4) is 5.75 Å². The second-order valence-corrected chi connectivity index (χ2v) is 5.12. The third kappa shape index (κ3) is 6.77. The molecule has 0 bridgehead atoms. The summed E-state index contributed by atoms with van der Waals surface area (Å²) in [6.07, 6.45) is -3.84. The lowest BCUT2D eigenvalue weighted by atomic mass is 9.98. The lowest BCUT2D eigenvalue weighted by Crippen LogP contribution is -2.45. The molecule has 130 valence electrons. The second-order valence-electron chi connectivity index (χ2n) is 5.12. The molecule has 1 rings (SSSR count). The molecule has 3 N–H and O–H groups in total. The number of aliphatic hydroxyl groups is 1. The van der Waals surface area contributed by atoms with Crippen molar-refractivity contribution in [1.29, 1.82) is 0 Å². The molecule has 0 atom stereocenters. The van der Waals surface area contributed by atoms with Crippen molar-refractivity contribution < 1.29 is 27.8 Å². The minimum Gasteiger partial charge on any atom is -0.405 e. The van der Waals surface area contributed by atoms with Crippen LogP contribution in [0.25, 0.3) is 0 Å². The average molecular weight is 334 g/mol. The van der Waals surface area contributed by atoms with Gasteiger partial charge in [0.05, 0.1) is 5.60 Å². The Kier molecular flexibility index (Phi) is 6.68. The Balaban J connectivity index is 2.57. The van der Waals surface area contributed by atoms with Gasteiger partial charge < -0.3 is 20.5 Å². The molecule has 0 radical (unpaired) electrons. The Labute approximate surface area is 132 Å². The number of halogens is 3. The first-order valence-corrected chi connectivity index (χ1v) is 7.27. The van der Waals surface area contributed by atoms with Gasteiger partial charge in [-0.3, -0.25) is 0 Å². The van der Waals surface area contributed by atoms with Gasteiger partial charge in [0.25, 0.3) is 0 Å². The van der Waals surface area contributed by atoms with E-state index in [9.17, 15) is 23.1 Å². The van der Waals surface area contributed by atoms with E-state index in [-0.39, 0.29) is 24.4 Å². The summed E-state index contributed by atoms with van der Waals surface area (Å²) in [5.74, 6) is -0.362. The first-order valence-electron chi connectivity index (χ1n) is 7.27. The number of para-hydroxylation sites is 1. The molecule has 1 aromatic carbocycles. The summed E-state index contributed by atoms with van der Waals surface area (Å²) in [6, 6.07) is 4.98. The van der Waals surface area contributed by atoms with Crippen LogP contribution in [-0.2, 0) is 6.54 Å². The van der Waals surface area contributed by atoms with Gasteiger partial charge in [0, 0.05) is 18.7 Å². The van der Waals surface area contributed by atoms with Crippen LogP contribution in [-0.4, -0.2) is 29.6 Å². The number of nitrogens with one attached hydrogen (secondary N) is 2. The van der Waals surface area contributed by atoms with Gasteiger partial charge in [0.15, 0.2) is 0 Å². The van der Waals surface area contributed by atoms with Crippen LogP contribution in [0.5, 0.6) is 5.75 Å². The monoisotopic (exact) mass is 334 g/mol. The van der Waals surface area contributed by atoms with Crippen LogP contribution in [0.4, 0.5) is 18.0 Å². The normalized spacial score (nSPS) is 11.9. The van der Waals surface area contributed by atoms with Crippen molar-refractivity contribution in [2.75, 3.05) is 6.54 Å². The molecule has 2 amide bonds. The van der Waals surface area contributed by atoms with E-state index in [1.807, 2.05) is 0 Å². The van der Waals surface area contributed by atoms with Crippen molar-refractivity contribution in [3.05, 3.63) is 29.8 Å². The average Bonchev–Trinajstić information content (AvgIpc) is 2.50. The number of rotatable bonds is 7. The molecule has 23 heavy (non-hydrogen) atoms. The van der Waals surface area contributed by atoms with Crippen LogP contribution in [0.1, 0.15) is 32.3 Å². The van der Waals surface area contributed by atoms with Gasteiger partial charge in [0.1, 0.15) is 5.75 Å². The Morgan fingerprint density at radius 2 is 1.78 bits per heavy atom. The zero-order chi connectivity index (χ0) is 17.5. The third-order valence-corrected chi connectivity index (χ3v) is 3.53. The zero-order valence-corrected chi connectivity index (χ0v) is 13.0. The van der Waals surface area contributed by atoms with Gasteiger partial charge in [-0.1, -0.05) is 32.0 Å². The number of amides is 2. The summed E-state index contributed by atoms with van der Waals surface area (Å²) < 4.78 is 40.8. The molecule has 0 spiro atoms. The maximum absolute atomic E-state index is 12.3. The topological polar surface area (TPSA) is 70.6 Å². The van der Waals surface area contributed by atoms with E-state index in [2.05, 4.69) is 15.4 Å². The smallest absolute Gasteiger partial charge is 0.405 e. The Bertz CT molecular complexity index is 517. The number of alkyl halides is 3. The number of carbonyl (C=O) groups is 1. The molecule has 0 aliphatic heterocycles. The zero-order valence-electron chi connectivity index (χ0n) is 13.0. The maximum Gasteiger partial charge on any atom is 0.573 e. The van der Waals surface area contributed by atoms with Crippen LogP contribution in [0.3, 0.4) is 0 Å². The minimum absolute atomic E-state index is 0.0620. The first kappa shape index (κ1) is 19.1. The third-order valence-electron chi connectivity index (χ3n) is 3.53. The van der Waals surface area contributed by atoms with Crippen LogP contribution >= 0.6 is 0 Å². The first-order chi connectivity index (χ1) is 10.7. The van der Waals surface area contributed by atoms with E-state index in [1.165, 1.54) is 18.2 Å². The van der Waals surface area contributed by atoms with E-state index in [4.69, 9.17) is 0 Å². The van der Waals surface area contributed by atoms with E-state index >= 15 is 0 Å². The number of ether oxygens (including phenoxy) is 1. The predicted molar refractivity (Wildman–Crippen MR) is 78.9 cm³/mol. The molecular weight excluding hydrogens is 313 g/mol. The number of hydrogen-bond acceptors (Lipinski definition) is 3. The molecule has 0 fully saturated rings. The van der Waals surface area contributed by atoms with Gasteiger partial charge >= 0.3 is 12.4 Å². The highest BCUT2D eigenvalue weighted by molar-refractivity contribution is 5.74. The highest BCUT2D eigenvalue weighted by Gasteiger charge is 2.32. The van der Waals surface area contributed by atoms with Crippen LogP contribution in [0.15, 0.2) is 24.3 Å². The van der Waals surface area contributed by atoms with Crippen LogP contribution in [0.2, 0.25) is 0 Å². The number of hydrogen-bond donors (Lipinski definition) is 3. The van der Waals surface area contributed by atoms with Crippen molar-refractivity contribution in [2.45, 2.75) is 45.2 Å². The molecule has 8 heteroatoms. The largest absolute Gasteiger partial charge is 0.573 e.